The van der Waals surface area contributed by atoms with Gasteiger partial charge in [-0.2, -0.15) is 0 Å². The van der Waals surface area contributed by atoms with Crippen LogP contribution in [0.3, 0.4) is 0 Å². The van der Waals surface area contributed by atoms with Crippen molar-refractivity contribution in [3.05, 3.63) is 52.2 Å². The molecule has 0 spiro atoms. The maximum Gasteiger partial charge on any atom is 0.200 e. The summed E-state index contributed by atoms with van der Waals surface area (Å²) in [5, 5.41) is 10.6. The molecule has 0 aliphatic heterocycles. The number of aromatic hydroxyl groups is 1. The first-order chi connectivity index (χ1) is 8.16. The molecule has 3 heteroatoms. The molecule has 0 aliphatic rings. The van der Waals surface area contributed by atoms with Crippen molar-refractivity contribution in [2.45, 2.75) is 6.92 Å². The third-order valence-corrected chi connectivity index (χ3v) is 2.86. The Labute approximate surface area is 96.9 Å². The van der Waals surface area contributed by atoms with Gasteiger partial charge in [-0.3, -0.25) is 4.79 Å². The number of rotatable bonds is 0. The second kappa shape index (κ2) is 3.35. The third-order valence-electron chi connectivity index (χ3n) is 2.86. The molecule has 0 saturated heterocycles. The first kappa shape index (κ1) is 9.90. The molecule has 3 nitrogen and oxygen atoms in total. The van der Waals surface area contributed by atoms with Crippen LogP contribution >= 0.6 is 0 Å². The highest BCUT2D eigenvalue weighted by molar-refractivity contribution is 5.91. The van der Waals surface area contributed by atoms with Crippen molar-refractivity contribution in [1.82, 2.24) is 0 Å². The molecule has 0 aliphatic carbocycles. The lowest BCUT2D eigenvalue weighted by molar-refractivity contribution is 0.474. The summed E-state index contributed by atoms with van der Waals surface area (Å²) in [6.45, 7) is 1.79. The van der Waals surface area contributed by atoms with Crippen LogP contribution in [0.2, 0.25) is 0 Å². The molecule has 3 aromatic rings. The highest BCUT2D eigenvalue weighted by atomic mass is 16.3. The minimum Gasteiger partial charge on any atom is -0.508 e. The predicted molar refractivity (Wildman–Crippen MR) is 66.4 cm³/mol. The normalized spacial score (nSPS) is 11.1. The Morgan fingerprint density at radius 2 is 1.88 bits per heavy atom. The molecule has 0 saturated carbocycles. The molecule has 1 aromatic heterocycles. The van der Waals surface area contributed by atoms with E-state index in [1.54, 1.807) is 31.2 Å². The third kappa shape index (κ3) is 1.40. The Balaban J connectivity index is 2.64. The molecule has 0 radical (unpaired) electrons. The van der Waals surface area contributed by atoms with Gasteiger partial charge < -0.3 is 9.52 Å². The molecule has 0 atom stereocenters. The van der Waals surface area contributed by atoms with Gasteiger partial charge in [-0.1, -0.05) is 12.1 Å². The van der Waals surface area contributed by atoms with Gasteiger partial charge in [-0.15, -0.1) is 0 Å². The Kier molecular flexibility index (Phi) is 1.95. The second-order valence-electron chi connectivity index (χ2n) is 4.06. The lowest BCUT2D eigenvalue weighted by Gasteiger charge is -2.04. The number of phenolic OH excluding ortho intramolecular Hbond substituents is 1. The van der Waals surface area contributed by atoms with E-state index in [1.165, 1.54) is 6.07 Å². The van der Waals surface area contributed by atoms with Gasteiger partial charge in [0, 0.05) is 6.07 Å². The summed E-state index contributed by atoms with van der Waals surface area (Å²) in [6.07, 6.45) is 0. The second-order valence-corrected chi connectivity index (χ2v) is 4.06. The predicted octanol–water partition coefficient (Wildman–Crippen LogP) is 2.96. The molecule has 1 N–H and O–H groups in total. The number of fused-ring (bicyclic) bond motifs is 2. The molecule has 0 amide bonds. The average molecular weight is 226 g/mol. The Bertz CT molecular complexity index is 784. The number of benzene rings is 2. The van der Waals surface area contributed by atoms with Crippen molar-refractivity contribution in [3.63, 3.8) is 0 Å². The van der Waals surface area contributed by atoms with Crippen molar-refractivity contribution < 1.29 is 9.52 Å². The fraction of sp³-hybridized carbons (Fsp3) is 0.0714. The Morgan fingerprint density at radius 1 is 1.12 bits per heavy atom. The van der Waals surface area contributed by atoms with Crippen molar-refractivity contribution in [1.29, 1.82) is 0 Å². The summed E-state index contributed by atoms with van der Waals surface area (Å²) < 4.78 is 5.63. The maximum absolute atomic E-state index is 12.3. The molecule has 3 rings (SSSR count). The molecule has 0 fully saturated rings. The highest BCUT2D eigenvalue weighted by Gasteiger charge is 2.10. The molecule has 17 heavy (non-hydrogen) atoms. The zero-order chi connectivity index (χ0) is 12.0. The van der Waals surface area contributed by atoms with Gasteiger partial charge in [0.05, 0.1) is 10.8 Å². The molecule has 2 aromatic carbocycles. The monoisotopic (exact) mass is 226 g/mol. The van der Waals surface area contributed by atoms with Gasteiger partial charge in [0.25, 0.3) is 0 Å². The van der Waals surface area contributed by atoms with E-state index in [0.717, 1.165) is 5.56 Å². The van der Waals surface area contributed by atoms with Crippen molar-refractivity contribution >= 4 is 21.9 Å². The average Bonchev–Trinajstić information content (AvgIpc) is 2.28. The van der Waals surface area contributed by atoms with Crippen LogP contribution in [0.5, 0.6) is 5.75 Å². The first-order valence-electron chi connectivity index (χ1n) is 5.32. The topological polar surface area (TPSA) is 50.4 Å². The molecule has 0 bridgehead atoms. The van der Waals surface area contributed by atoms with E-state index in [2.05, 4.69) is 0 Å². The van der Waals surface area contributed by atoms with Crippen LogP contribution in [0.1, 0.15) is 5.56 Å². The Morgan fingerprint density at radius 3 is 2.71 bits per heavy atom. The van der Waals surface area contributed by atoms with Crippen molar-refractivity contribution in [3.8, 4) is 5.75 Å². The summed E-state index contributed by atoms with van der Waals surface area (Å²) >= 11 is 0. The van der Waals surface area contributed by atoms with Crippen LogP contribution in [0.4, 0.5) is 0 Å². The van der Waals surface area contributed by atoms with Crippen molar-refractivity contribution in [2.24, 2.45) is 0 Å². The van der Waals surface area contributed by atoms with E-state index >= 15 is 0 Å². The van der Waals surface area contributed by atoms with Gasteiger partial charge in [-0.05, 0) is 30.7 Å². The van der Waals surface area contributed by atoms with E-state index in [0.29, 0.717) is 21.9 Å². The smallest absolute Gasteiger partial charge is 0.200 e. The van der Waals surface area contributed by atoms with Gasteiger partial charge >= 0.3 is 0 Å². The molecule has 84 valence electrons. The van der Waals surface area contributed by atoms with Crippen molar-refractivity contribution in [2.75, 3.05) is 0 Å². The quantitative estimate of drug-likeness (QED) is 0.599. The van der Waals surface area contributed by atoms with Gasteiger partial charge in [0.1, 0.15) is 16.9 Å². The zero-order valence-electron chi connectivity index (χ0n) is 9.23. The highest BCUT2D eigenvalue weighted by Crippen LogP contribution is 2.24. The molecule has 1 heterocycles. The summed E-state index contributed by atoms with van der Waals surface area (Å²) in [5.74, 6) is 0.105. The molecular formula is C14H10O3. The van der Waals surface area contributed by atoms with E-state index in [4.69, 9.17) is 4.42 Å². The van der Waals surface area contributed by atoms with Gasteiger partial charge in [0.15, 0.2) is 0 Å². The number of para-hydroxylation sites is 1. The molecule has 0 unspecified atom stereocenters. The van der Waals surface area contributed by atoms with E-state index in [-0.39, 0.29) is 11.2 Å². The maximum atomic E-state index is 12.3. The first-order valence-corrected chi connectivity index (χ1v) is 5.32. The van der Waals surface area contributed by atoms with Crippen LogP contribution in [-0.2, 0) is 0 Å². The van der Waals surface area contributed by atoms with Gasteiger partial charge in [0.2, 0.25) is 5.43 Å². The number of phenols is 1. The largest absolute Gasteiger partial charge is 0.508 e. The van der Waals surface area contributed by atoms with E-state index in [1.807, 2.05) is 6.07 Å². The van der Waals surface area contributed by atoms with E-state index < -0.39 is 0 Å². The fourth-order valence-electron chi connectivity index (χ4n) is 2.10. The lowest BCUT2D eigenvalue weighted by Crippen LogP contribution is -2.03. The van der Waals surface area contributed by atoms with Gasteiger partial charge in [-0.25, -0.2) is 0 Å². The number of hydrogen-bond donors (Lipinski definition) is 1. The zero-order valence-corrected chi connectivity index (χ0v) is 9.23. The van der Waals surface area contributed by atoms with Crippen LogP contribution in [0.15, 0.2) is 45.6 Å². The molecular weight excluding hydrogens is 216 g/mol. The van der Waals surface area contributed by atoms with Crippen LogP contribution in [0, 0.1) is 6.92 Å². The fourth-order valence-corrected chi connectivity index (χ4v) is 2.10. The minimum atomic E-state index is -0.0562. The Hall–Kier alpha value is -2.29. The van der Waals surface area contributed by atoms with E-state index in [9.17, 15) is 9.90 Å². The van der Waals surface area contributed by atoms with Crippen LogP contribution in [-0.4, -0.2) is 5.11 Å². The van der Waals surface area contributed by atoms with Crippen LogP contribution in [0.25, 0.3) is 21.9 Å². The SMILES string of the molecule is Cc1cc(O)cc2oc3ccccc3c(=O)c12. The summed E-state index contributed by atoms with van der Waals surface area (Å²) in [7, 11) is 0. The standard InChI is InChI=1S/C14H10O3/c1-8-6-9(15)7-12-13(8)14(16)10-4-2-3-5-11(10)17-12/h2-7,15H,1H3. The van der Waals surface area contributed by atoms with Crippen LogP contribution < -0.4 is 5.43 Å². The number of aryl methyl sites for hydroxylation is 1. The summed E-state index contributed by atoms with van der Waals surface area (Å²) in [4.78, 5) is 12.3. The summed E-state index contributed by atoms with van der Waals surface area (Å²) in [5.41, 5.74) is 1.63. The minimum absolute atomic E-state index is 0.0562. The lowest BCUT2D eigenvalue weighted by atomic mass is 10.1. The number of hydrogen-bond acceptors (Lipinski definition) is 3. The summed E-state index contributed by atoms with van der Waals surface area (Å²) in [6, 6.07) is 10.1.